The SMILES string of the molecule is Cc1cc(Oc2nccc(C)c2Cl)ccc1-c1c(C)cnnc1C. The molecule has 0 unspecified atom stereocenters. The minimum Gasteiger partial charge on any atom is -0.438 e. The molecule has 0 aliphatic carbocycles. The Bertz CT molecular complexity index is 889. The molecule has 0 bridgehead atoms. The maximum Gasteiger partial charge on any atom is 0.238 e. The normalized spacial score (nSPS) is 10.7. The number of hydrogen-bond acceptors (Lipinski definition) is 4. The van der Waals surface area contributed by atoms with Crippen molar-refractivity contribution in [1.29, 1.82) is 0 Å². The Morgan fingerprint density at radius 1 is 0.958 bits per heavy atom. The van der Waals surface area contributed by atoms with Gasteiger partial charge >= 0.3 is 0 Å². The van der Waals surface area contributed by atoms with Crippen molar-refractivity contribution in [2.24, 2.45) is 0 Å². The van der Waals surface area contributed by atoms with Crippen molar-refractivity contribution in [3.8, 4) is 22.8 Å². The topological polar surface area (TPSA) is 47.9 Å². The van der Waals surface area contributed by atoms with Gasteiger partial charge in [0.1, 0.15) is 10.8 Å². The minimum atomic E-state index is 0.418. The van der Waals surface area contributed by atoms with Crippen LogP contribution in [0.4, 0.5) is 0 Å². The van der Waals surface area contributed by atoms with E-state index in [1.807, 2.05) is 52.0 Å². The monoisotopic (exact) mass is 339 g/mol. The van der Waals surface area contributed by atoms with Gasteiger partial charge in [-0.2, -0.15) is 10.2 Å². The lowest BCUT2D eigenvalue weighted by molar-refractivity contribution is 0.462. The molecule has 0 aliphatic heterocycles. The van der Waals surface area contributed by atoms with E-state index in [0.717, 1.165) is 33.5 Å². The zero-order valence-corrected chi connectivity index (χ0v) is 14.8. The molecular formula is C19H18ClN3O. The fourth-order valence-corrected chi connectivity index (χ4v) is 2.84. The molecule has 5 heteroatoms. The third-order valence-electron chi connectivity index (χ3n) is 3.95. The van der Waals surface area contributed by atoms with Gasteiger partial charge in [-0.05, 0) is 68.1 Å². The van der Waals surface area contributed by atoms with Crippen molar-refractivity contribution < 1.29 is 4.74 Å². The van der Waals surface area contributed by atoms with Crippen molar-refractivity contribution in [3.63, 3.8) is 0 Å². The molecule has 3 aromatic rings. The summed E-state index contributed by atoms with van der Waals surface area (Å²) in [6.45, 7) is 7.98. The smallest absolute Gasteiger partial charge is 0.238 e. The summed E-state index contributed by atoms with van der Waals surface area (Å²) >= 11 is 6.25. The number of benzene rings is 1. The van der Waals surface area contributed by atoms with E-state index in [1.54, 1.807) is 12.4 Å². The van der Waals surface area contributed by atoms with Crippen molar-refractivity contribution in [1.82, 2.24) is 15.2 Å². The molecule has 0 radical (unpaired) electrons. The molecule has 0 saturated heterocycles. The van der Waals surface area contributed by atoms with Crippen LogP contribution in [0.15, 0.2) is 36.7 Å². The summed E-state index contributed by atoms with van der Waals surface area (Å²) in [5.41, 5.74) is 6.27. The van der Waals surface area contributed by atoms with Gasteiger partial charge in [0.05, 0.1) is 11.9 Å². The Labute approximate surface area is 146 Å². The summed E-state index contributed by atoms with van der Waals surface area (Å²) in [5.74, 6) is 1.12. The minimum absolute atomic E-state index is 0.418. The number of aromatic nitrogens is 3. The van der Waals surface area contributed by atoms with E-state index in [-0.39, 0.29) is 0 Å². The highest BCUT2D eigenvalue weighted by Crippen LogP contribution is 2.34. The summed E-state index contributed by atoms with van der Waals surface area (Å²) in [7, 11) is 0. The van der Waals surface area contributed by atoms with Crippen LogP contribution in [0.1, 0.15) is 22.4 Å². The average molecular weight is 340 g/mol. The number of hydrogen-bond donors (Lipinski definition) is 0. The Kier molecular flexibility index (Phi) is 4.49. The first kappa shape index (κ1) is 16.4. The van der Waals surface area contributed by atoms with Gasteiger partial charge in [-0.3, -0.25) is 0 Å². The van der Waals surface area contributed by atoms with E-state index < -0.39 is 0 Å². The van der Waals surface area contributed by atoms with Crippen molar-refractivity contribution in [2.75, 3.05) is 0 Å². The summed E-state index contributed by atoms with van der Waals surface area (Å²) in [6.07, 6.45) is 3.47. The van der Waals surface area contributed by atoms with Gasteiger partial charge in [0.25, 0.3) is 0 Å². The molecule has 122 valence electrons. The lowest BCUT2D eigenvalue weighted by atomic mass is 9.96. The second-order valence-electron chi connectivity index (χ2n) is 5.81. The summed E-state index contributed by atoms with van der Waals surface area (Å²) < 4.78 is 5.85. The third-order valence-corrected chi connectivity index (χ3v) is 4.41. The molecule has 2 aromatic heterocycles. The van der Waals surface area contributed by atoms with Gasteiger partial charge in [-0.15, -0.1) is 0 Å². The van der Waals surface area contributed by atoms with Crippen LogP contribution in [-0.4, -0.2) is 15.2 Å². The van der Waals surface area contributed by atoms with E-state index in [2.05, 4.69) is 15.2 Å². The highest BCUT2D eigenvalue weighted by Gasteiger charge is 2.12. The number of aryl methyl sites for hydroxylation is 4. The summed E-state index contributed by atoms with van der Waals surface area (Å²) in [6, 6.07) is 7.79. The van der Waals surface area contributed by atoms with Crippen LogP contribution in [0.25, 0.3) is 11.1 Å². The second-order valence-corrected chi connectivity index (χ2v) is 6.19. The molecule has 0 aliphatic rings. The number of nitrogens with zero attached hydrogens (tertiary/aromatic N) is 3. The largest absolute Gasteiger partial charge is 0.438 e. The van der Waals surface area contributed by atoms with E-state index in [9.17, 15) is 0 Å². The molecule has 0 fully saturated rings. The van der Waals surface area contributed by atoms with E-state index in [1.165, 1.54) is 0 Å². The standard InChI is InChI=1S/C19H18ClN3O/c1-11-7-8-21-19(18(11)20)24-15-5-6-16(12(2)9-15)17-13(3)10-22-23-14(17)4/h5-10H,1-4H3. The predicted octanol–water partition coefficient (Wildman–Crippen LogP) is 5.22. The molecule has 4 nitrogen and oxygen atoms in total. The van der Waals surface area contributed by atoms with E-state index >= 15 is 0 Å². The molecule has 2 heterocycles. The second kappa shape index (κ2) is 6.57. The lowest BCUT2D eigenvalue weighted by Crippen LogP contribution is -1.97. The van der Waals surface area contributed by atoms with Crippen molar-refractivity contribution in [2.45, 2.75) is 27.7 Å². The molecule has 0 N–H and O–H groups in total. The lowest BCUT2D eigenvalue weighted by Gasteiger charge is -2.13. The van der Waals surface area contributed by atoms with Gasteiger partial charge in [-0.25, -0.2) is 4.98 Å². The van der Waals surface area contributed by atoms with Crippen LogP contribution in [-0.2, 0) is 0 Å². The quantitative estimate of drug-likeness (QED) is 0.656. The molecular weight excluding hydrogens is 322 g/mol. The zero-order valence-electron chi connectivity index (χ0n) is 14.1. The molecule has 3 rings (SSSR count). The summed E-state index contributed by atoms with van der Waals surface area (Å²) in [5, 5.41) is 8.69. The molecule has 0 spiro atoms. The van der Waals surface area contributed by atoms with E-state index in [0.29, 0.717) is 16.7 Å². The molecule has 1 aromatic carbocycles. The molecule has 0 amide bonds. The van der Waals surface area contributed by atoms with Crippen LogP contribution in [0.3, 0.4) is 0 Å². The maximum atomic E-state index is 6.25. The molecule has 0 atom stereocenters. The van der Waals surface area contributed by atoms with Crippen LogP contribution >= 0.6 is 11.6 Å². The first-order valence-corrected chi connectivity index (χ1v) is 8.04. The highest BCUT2D eigenvalue weighted by atomic mass is 35.5. The predicted molar refractivity (Wildman–Crippen MR) is 95.7 cm³/mol. The third kappa shape index (κ3) is 3.10. The number of ether oxygens (including phenoxy) is 1. The van der Waals surface area contributed by atoms with Crippen molar-refractivity contribution in [3.05, 3.63) is 64.1 Å². The number of pyridine rings is 1. The van der Waals surface area contributed by atoms with Crippen LogP contribution in [0.2, 0.25) is 5.02 Å². The maximum absolute atomic E-state index is 6.25. The van der Waals surface area contributed by atoms with E-state index in [4.69, 9.17) is 16.3 Å². The van der Waals surface area contributed by atoms with Gasteiger partial charge in [0.2, 0.25) is 5.88 Å². The van der Waals surface area contributed by atoms with Gasteiger partial charge in [0.15, 0.2) is 0 Å². The van der Waals surface area contributed by atoms with Crippen LogP contribution in [0.5, 0.6) is 11.6 Å². The molecule has 24 heavy (non-hydrogen) atoms. The molecule has 0 saturated carbocycles. The van der Waals surface area contributed by atoms with Crippen LogP contribution < -0.4 is 4.74 Å². The Morgan fingerprint density at radius 3 is 2.46 bits per heavy atom. The van der Waals surface area contributed by atoms with Crippen molar-refractivity contribution >= 4 is 11.6 Å². The first-order valence-electron chi connectivity index (χ1n) is 7.66. The fourth-order valence-electron chi connectivity index (χ4n) is 2.69. The Balaban J connectivity index is 1.97. The van der Waals surface area contributed by atoms with Gasteiger partial charge < -0.3 is 4.74 Å². The first-order chi connectivity index (χ1) is 11.5. The average Bonchev–Trinajstić information content (AvgIpc) is 2.53. The number of halogens is 1. The zero-order chi connectivity index (χ0) is 17.3. The van der Waals surface area contributed by atoms with Crippen LogP contribution in [0, 0.1) is 27.7 Å². The highest BCUT2D eigenvalue weighted by molar-refractivity contribution is 6.32. The summed E-state index contributed by atoms with van der Waals surface area (Å²) in [4.78, 5) is 4.20. The van der Waals surface area contributed by atoms with Gasteiger partial charge in [-0.1, -0.05) is 17.7 Å². The Morgan fingerprint density at radius 2 is 1.75 bits per heavy atom. The number of rotatable bonds is 3. The van der Waals surface area contributed by atoms with Gasteiger partial charge in [0, 0.05) is 11.8 Å². The Hall–Kier alpha value is -2.46. The fraction of sp³-hybridized carbons (Fsp3) is 0.211.